The molecule has 0 saturated heterocycles. The van der Waals surface area contributed by atoms with Crippen LogP contribution >= 0.6 is 0 Å². The number of amides is 2. The van der Waals surface area contributed by atoms with Gasteiger partial charge in [-0.05, 0) is 12.5 Å². The highest BCUT2D eigenvalue weighted by Gasteiger charge is 2.21. The van der Waals surface area contributed by atoms with E-state index in [1.165, 1.54) is 14.2 Å². The molecule has 1 unspecified atom stereocenters. The predicted octanol–water partition coefficient (Wildman–Crippen LogP) is 0.0812. The van der Waals surface area contributed by atoms with Gasteiger partial charge in [-0.3, -0.25) is 9.59 Å². The topological polar surface area (TPSA) is 128 Å². The number of benzene rings is 1. The molecule has 1 aromatic rings. The summed E-state index contributed by atoms with van der Waals surface area (Å²) in [5, 5.41) is 11.4. The molecular weight excluding hydrogens is 304 g/mol. The lowest BCUT2D eigenvalue weighted by molar-refractivity contribution is -0.142. The molecule has 0 heterocycles. The first kappa shape index (κ1) is 18.3. The number of carboxylic acid groups (broad SMARTS) is 1. The Kier molecular flexibility index (Phi) is 6.85. The summed E-state index contributed by atoms with van der Waals surface area (Å²) in [5.74, 6) is -1.30. The molecule has 2 amide bonds. The average Bonchev–Trinajstić information content (AvgIpc) is 2.51. The number of ether oxygens (including phenoxy) is 2. The quantitative estimate of drug-likeness (QED) is 0.590. The molecule has 0 radical (unpaired) electrons. The molecule has 0 aromatic heterocycles. The fourth-order valence-electron chi connectivity index (χ4n) is 1.96. The van der Waals surface area contributed by atoms with Crippen molar-refractivity contribution < 1.29 is 29.0 Å². The Bertz CT molecular complexity index is 587. The number of carbonyl (C=O) groups excluding carboxylic acids is 2. The molecule has 0 bridgehead atoms. The van der Waals surface area contributed by atoms with E-state index in [0.29, 0.717) is 17.1 Å². The van der Waals surface area contributed by atoms with Gasteiger partial charge in [-0.2, -0.15) is 0 Å². The van der Waals surface area contributed by atoms with Gasteiger partial charge in [0.1, 0.15) is 17.5 Å². The van der Waals surface area contributed by atoms with Crippen LogP contribution in [-0.4, -0.2) is 43.2 Å². The van der Waals surface area contributed by atoms with Crippen molar-refractivity contribution in [2.75, 3.05) is 14.2 Å². The Hall–Kier alpha value is -2.77. The van der Waals surface area contributed by atoms with Gasteiger partial charge in [-0.1, -0.05) is 6.07 Å². The molecule has 126 valence electrons. The van der Waals surface area contributed by atoms with Crippen LogP contribution < -0.4 is 20.5 Å². The minimum absolute atomic E-state index is 0.0594. The van der Waals surface area contributed by atoms with Crippen molar-refractivity contribution >= 4 is 17.8 Å². The molecule has 8 nitrogen and oxygen atoms in total. The summed E-state index contributed by atoms with van der Waals surface area (Å²) in [6, 6.07) is 3.80. The van der Waals surface area contributed by atoms with E-state index in [1.807, 2.05) is 0 Å². The summed E-state index contributed by atoms with van der Waals surface area (Å²) >= 11 is 0. The van der Waals surface area contributed by atoms with E-state index in [1.54, 1.807) is 18.2 Å². The Morgan fingerprint density at radius 2 is 1.96 bits per heavy atom. The van der Waals surface area contributed by atoms with Crippen molar-refractivity contribution in [1.29, 1.82) is 0 Å². The van der Waals surface area contributed by atoms with E-state index in [0.717, 1.165) is 0 Å². The number of hydrogen-bond donors (Lipinski definition) is 3. The van der Waals surface area contributed by atoms with Gasteiger partial charge in [-0.25, -0.2) is 4.79 Å². The number of aliphatic carboxylic acids is 1. The van der Waals surface area contributed by atoms with Crippen LogP contribution in [0.1, 0.15) is 18.4 Å². The Morgan fingerprint density at radius 1 is 1.26 bits per heavy atom. The number of hydrogen-bond acceptors (Lipinski definition) is 5. The average molecular weight is 324 g/mol. The Labute approximate surface area is 133 Å². The predicted molar refractivity (Wildman–Crippen MR) is 81.2 cm³/mol. The zero-order valence-electron chi connectivity index (χ0n) is 13.0. The molecule has 0 aliphatic rings. The van der Waals surface area contributed by atoms with E-state index in [-0.39, 0.29) is 19.3 Å². The zero-order valence-corrected chi connectivity index (χ0v) is 13.0. The van der Waals surface area contributed by atoms with Gasteiger partial charge in [0.05, 0.1) is 20.6 Å². The third-order valence-electron chi connectivity index (χ3n) is 3.16. The van der Waals surface area contributed by atoms with Crippen LogP contribution in [0.2, 0.25) is 0 Å². The van der Waals surface area contributed by atoms with Gasteiger partial charge in [0.25, 0.3) is 0 Å². The summed E-state index contributed by atoms with van der Waals surface area (Å²) in [4.78, 5) is 33.9. The van der Waals surface area contributed by atoms with Crippen LogP contribution in [0.25, 0.3) is 0 Å². The number of nitrogens with one attached hydrogen (secondary N) is 1. The molecule has 0 aliphatic heterocycles. The molecule has 0 saturated carbocycles. The minimum atomic E-state index is -1.22. The van der Waals surface area contributed by atoms with Crippen molar-refractivity contribution in [2.24, 2.45) is 5.73 Å². The Balaban J connectivity index is 2.74. The van der Waals surface area contributed by atoms with Crippen molar-refractivity contribution in [3.8, 4) is 11.5 Å². The highest BCUT2D eigenvalue weighted by atomic mass is 16.5. The summed E-state index contributed by atoms with van der Waals surface area (Å²) < 4.78 is 10.2. The van der Waals surface area contributed by atoms with Crippen LogP contribution in [0.5, 0.6) is 11.5 Å². The Morgan fingerprint density at radius 3 is 2.48 bits per heavy atom. The van der Waals surface area contributed by atoms with Crippen LogP contribution in [0.15, 0.2) is 18.2 Å². The van der Waals surface area contributed by atoms with E-state index in [9.17, 15) is 14.4 Å². The molecule has 4 N–H and O–H groups in total. The number of nitrogens with two attached hydrogens (primary N) is 1. The lowest BCUT2D eigenvalue weighted by Gasteiger charge is -2.15. The third-order valence-corrected chi connectivity index (χ3v) is 3.16. The summed E-state index contributed by atoms with van der Waals surface area (Å²) in [5.41, 5.74) is 5.58. The van der Waals surface area contributed by atoms with Crippen molar-refractivity contribution in [3.63, 3.8) is 0 Å². The zero-order chi connectivity index (χ0) is 17.4. The monoisotopic (exact) mass is 324 g/mol. The van der Waals surface area contributed by atoms with Gasteiger partial charge in [-0.15, -0.1) is 0 Å². The van der Waals surface area contributed by atoms with Gasteiger partial charge < -0.3 is 25.6 Å². The fraction of sp³-hybridized carbons (Fsp3) is 0.400. The summed E-state index contributed by atoms with van der Waals surface area (Å²) in [6.07, 6.45) is -0.243. The summed E-state index contributed by atoms with van der Waals surface area (Å²) in [7, 11) is 2.97. The SMILES string of the molecule is COc1ccc(CC(=O)NC(CCC(N)=O)C(=O)O)c(OC)c1. The minimum Gasteiger partial charge on any atom is -0.497 e. The second-order valence-corrected chi connectivity index (χ2v) is 4.82. The normalized spacial score (nSPS) is 11.4. The van der Waals surface area contributed by atoms with Crippen molar-refractivity contribution in [2.45, 2.75) is 25.3 Å². The van der Waals surface area contributed by atoms with E-state index in [2.05, 4.69) is 5.32 Å². The number of rotatable bonds is 9. The smallest absolute Gasteiger partial charge is 0.326 e. The molecule has 0 spiro atoms. The second kappa shape index (κ2) is 8.62. The maximum absolute atomic E-state index is 12.0. The van der Waals surface area contributed by atoms with Gasteiger partial charge >= 0.3 is 5.97 Å². The lowest BCUT2D eigenvalue weighted by atomic mass is 10.1. The largest absolute Gasteiger partial charge is 0.497 e. The number of primary amides is 1. The fourth-order valence-corrected chi connectivity index (χ4v) is 1.96. The molecule has 1 rings (SSSR count). The first-order valence-corrected chi connectivity index (χ1v) is 6.88. The van der Waals surface area contributed by atoms with E-state index < -0.39 is 23.8 Å². The molecule has 8 heteroatoms. The number of carboxylic acids is 1. The molecular formula is C15H20N2O6. The number of methoxy groups -OCH3 is 2. The first-order valence-electron chi connectivity index (χ1n) is 6.88. The molecule has 0 aliphatic carbocycles. The molecule has 23 heavy (non-hydrogen) atoms. The standard InChI is InChI=1S/C15H20N2O6/c1-22-10-4-3-9(12(8-10)23-2)7-14(19)17-11(15(20)21)5-6-13(16)18/h3-4,8,11H,5-7H2,1-2H3,(H2,16,18)(H,17,19)(H,20,21). The maximum Gasteiger partial charge on any atom is 0.326 e. The van der Waals surface area contributed by atoms with Crippen LogP contribution in [-0.2, 0) is 20.8 Å². The van der Waals surface area contributed by atoms with Crippen molar-refractivity contribution in [1.82, 2.24) is 5.32 Å². The van der Waals surface area contributed by atoms with E-state index in [4.69, 9.17) is 20.3 Å². The van der Waals surface area contributed by atoms with Gasteiger partial charge in [0.15, 0.2) is 0 Å². The number of carbonyl (C=O) groups is 3. The maximum atomic E-state index is 12.0. The molecule has 1 atom stereocenters. The highest BCUT2D eigenvalue weighted by molar-refractivity contribution is 5.85. The van der Waals surface area contributed by atoms with Gasteiger partial charge in [0.2, 0.25) is 11.8 Å². The molecule has 0 fully saturated rings. The van der Waals surface area contributed by atoms with Gasteiger partial charge in [0, 0.05) is 18.1 Å². The van der Waals surface area contributed by atoms with Crippen molar-refractivity contribution in [3.05, 3.63) is 23.8 Å². The van der Waals surface area contributed by atoms with Crippen LogP contribution in [0.3, 0.4) is 0 Å². The summed E-state index contributed by atoms with van der Waals surface area (Å²) in [6.45, 7) is 0. The molecule has 1 aromatic carbocycles. The lowest BCUT2D eigenvalue weighted by Crippen LogP contribution is -2.42. The van der Waals surface area contributed by atoms with Crippen LogP contribution in [0, 0.1) is 0 Å². The second-order valence-electron chi connectivity index (χ2n) is 4.82. The third kappa shape index (κ3) is 5.85. The first-order chi connectivity index (χ1) is 10.9. The highest BCUT2D eigenvalue weighted by Crippen LogP contribution is 2.24. The van der Waals surface area contributed by atoms with E-state index >= 15 is 0 Å². The van der Waals surface area contributed by atoms with Crippen LogP contribution in [0.4, 0.5) is 0 Å².